The van der Waals surface area contributed by atoms with Gasteiger partial charge in [-0.05, 0) is 13.8 Å². The molecule has 1 rings (SSSR count). The third-order valence-electron chi connectivity index (χ3n) is 1.83. The van der Waals surface area contributed by atoms with E-state index in [1.165, 1.54) is 23.5 Å². The van der Waals surface area contributed by atoms with Gasteiger partial charge in [0.25, 0.3) is 0 Å². The molecule has 5 heteroatoms. The number of hydrogen-bond acceptors (Lipinski definition) is 5. The van der Waals surface area contributed by atoms with E-state index in [0.29, 0.717) is 6.61 Å². The van der Waals surface area contributed by atoms with Crippen LogP contribution in [0.25, 0.3) is 0 Å². The van der Waals surface area contributed by atoms with Gasteiger partial charge in [0.05, 0.1) is 12.7 Å². The fourth-order valence-corrected chi connectivity index (χ4v) is 4.13. The topological polar surface area (TPSA) is 46.5 Å². The molecule has 76 valence electrons. The third kappa shape index (κ3) is 2.14. The molecule has 1 aliphatic rings. The first-order valence-electron chi connectivity index (χ1n) is 4.26. The molecule has 0 saturated carbocycles. The second-order valence-electron chi connectivity index (χ2n) is 2.76. The maximum Gasteiger partial charge on any atom is 0.335 e. The summed E-state index contributed by atoms with van der Waals surface area (Å²) in [7, 11) is 0. The number of carbonyl (C=O) groups excluding carboxylic acids is 1. The predicted molar refractivity (Wildman–Crippen MR) is 56.0 cm³/mol. The maximum atomic E-state index is 11.6. The second-order valence-corrected chi connectivity index (χ2v) is 5.70. The molecule has 1 heterocycles. The average molecular weight is 222 g/mol. The summed E-state index contributed by atoms with van der Waals surface area (Å²) in [6, 6.07) is 0. The van der Waals surface area contributed by atoms with Gasteiger partial charge in [-0.1, -0.05) is 0 Å². The van der Waals surface area contributed by atoms with E-state index < -0.39 is 10.2 Å². The Labute approximate surface area is 86.6 Å². The highest BCUT2D eigenvalue weighted by Crippen LogP contribution is 2.47. The van der Waals surface area contributed by atoms with E-state index in [2.05, 4.69) is 0 Å². The summed E-state index contributed by atoms with van der Waals surface area (Å²) in [5.74, 6) is 1.50. The summed E-state index contributed by atoms with van der Waals surface area (Å²) in [4.78, 5) is 11.6. The van der Waals surface area contributed by atoms with Crippen molar-refractivity contribution in [2.45, 2.75) is 24.0 Å². The van der Waals surface area contributed by atoms with Crippen LogP contribution in [0, 0.1) is 0 Å². The van der Waals surface area contributed by atoms with Crippen molar-refractivity contribution in [3.05, 3.63) is 0 Å². The van der Waals surface area contributed by atoms with Crippen LogP contribution in [-0.2, 0) is 9.53 Å². The van der Waals surface area contributed by atoms with E-state index in [1.807, 2.05) is 0 Å². The number of aliphatic hydroxyl groups is 1. The lowest BCUT2D eigenvalue weighted by molar-refractivity contribution is -0.145. The molecule has 0 spiro atoms. The molecule has 13 heavy (non-hydrogen) atoms. The monoisotopic (exact) mass is 222 g/mol. The van der Waals surface area contributed by atoms with Crippen molar-refractivity contribution in [3.8, 4) is 0 Å². The van der Waals surface area contributed by atoms with Gasteiger partial charge < -0.3 is 9.84 Å². The molecule has 0 amide bonds. The van der Waals surface area contributed by atoms with Gasteiger partial charge in [-0.2, -0.15) is 0 Å². The number of ether oxygens (including phenoxy) is 1. The number of rotatable bonds is 3. The molecule has 1 saturated heterocycles. The van der Waals surface area contributed by atoms with Gasteiger partial charge in [0.15, 0.2) is 4.08 Å². The van der Waals surface area contributed by atoms with E-state index >= 15 is 0 Å². The van der Waals surface area contributed by atoms with Crippen molar-refractivity contribution in [2.24, 2.45) is 0 Å². The van der Waals surface area contributed by atoms with Crippen LogP contribution in [0.4, 0.5) is 0 Å². The quantitative estimate of drug-likeness (QED) is 0.725. The zero-order valence-corrected chi connectivity index (χ0v) is 9.41. The van der Waals surface area contributed by atoms with E-state index in [0.717, 1.165) is 11.5 Å². The standard InChI is InChI=1S/C8H14O3S2/c1-3-11-7(10)8(6(2)9)12-4-5-13-8/h6,9H,3-5H2,1-2H3/t6-/m1/s1. The molecule has 0 aromatic heterocycles. The number of esters is 1. The first kappa shape index (κ1) is 11.2. The molecule has 0 aliphatic carbocycles. The lowest BCUT2D eigenvalue weighted by atomic mass is 10.3. The Morgan fingerprint density at radius 1 is 1.62 bits per heavy atom. The van der Waals surface area contributed by atoms with Gasteiger partial charge in [0.1, 0.15) is 0 Å². The Bertz CT molecular complexity index is 188. The fraction of sp³-hybridized carbons (Fsp3) is 0.875. The minimum absolute atomic E-state index is 0.294. The van der Waals surface area contributed by atoms with Crippen LogP contribution in [-0.4, -0.2) is 39.4 Å². The Morgan fingerprint density at radius 2 is 2.15 bits per heavy atom. The number of carbonyl (C=O) groups is 1. The van der Waals surface area contributed by atoms with Crippen LogP contribution in [0.2, 0.25) is 0 Å². The van der Waals surface area contributed by atoms with Crippen molar-refractivity contribution >= 4 is 29.5 Å². The van der Waals surface area contributed by atoms with Crippen LogP contribution >= 0.6 is 23.5 Å². The summed E-state index contributed by atoms with van der Waals surface area (Å²) in [5.41, 5.74) is 0. The van der Waals surface area contributed by atoms with Gasteiger partial charge in [0.2, 0.25) is 0 Å². The average Bonchev–Trinajstić information content (AvgIpc) is 2.53. The SMILES string of the molecule is CCOC(=O)C1([C@@H](C)O)SCCS1. The number of thioether (sulfide) groups is 2. The van der Waals surface area contributed by atoms with Crippen molar-refractivity contribution in [3.63, 3.8) is 0 Å². The van der Waals surface area contributed by atoms with Gasteiger partial charge >= 0.3 is 5.97 Å². The molecule has 1 N–H and O–H groups in total. The molecule has 1 fully saturated rings. The minimum atomic E-state index is -0.768. The molecule has 0 aromatic carbocycles. The summed E-state index contributed by atoms with van der Waals surface area (Å²) >= 11 is 2.97. The smallest absolute Gasteiger partial charge is 0.335 e. The van der Waals surface area contributed by atoms with Crippen molar-refractivity contribution in [1.82, 2.24) is 0 Å². The predicted octanol–water partition coefficient (Wildman–Crippen LogP) is 1.11. The first-order valence-corrected chi connectivity index (χ1v) is 6.24. The highest BCUT2D eigenvalue weighted by Gasteiger charge is 2.48. The normalized spacial score (nSPS) is 22.7. The molecule has 0 bridgehead atoms. The molecule has 0 unspecified atom stereocenters. The van der Waals surface area contributed by atoms with Gasteiger partial charge in [-0.3, -0.25) is 0 Å². The third-order valence-corrected chi connectivity index (χ3v) is 5.48. The molecule has 3 nitrogen and oxygen atoms in total. The molecular formula is C8H14O3S2. The summed E-state index contributed by atoms with van der Waals surface area (Å²) < 4.78 is 4.18. The molecule has 0 radical (unpaired) electrons. The highest BCUT2D eigenvalue weighted by atomic mass is 32.2. The van der Waals surface area contributed by atoms with Crippen LogP contribution in [0.3, 0.4) is 0 Å². The molecular weight excluding hydrogens is 208 g/mol. The maximum absolute atomic E-state index is 11.6. The van der Waals surface area contributed by atoms with Crippen LogP contribution < -0.4 is 0 Å². The largest absolute Gasteiger partial charge is 0.464 e. The van der Waals surface area contributed by atoms with Crippen molar-refractivity contribution in [2.75, 3.05) is 18.1 Å². The summed E-state index contributed by atoms with van der Waals surface area (Å²) in [5, 5.41) is 9.56. The minimum Gasteiger partial charge on any atom is -0.464 e. The highest BCUT2D eigenvalue weighted by molar-refractivity contribution is 8.22. The van der Waals surface area contributed by atoms with E-state index in [-0.39, 0.29) is 5.97 Å². The Kier molecular flexibility index (Phi) is 3.94. The first-order chi connectivity index (χ1) is 6.13. The Balaban J connectivity index is 2.72. The Morgan fingerprint density at radius 3 is 2.54 bits per heavy atom. The lowest BCUT2D eigenvalue weighted by Crippen LogP contribution is -2.41. The lowest BCUT2D eigenvalue weighted by Gasteiger charge is -2.27. The number of aliphatic hydroxyl groups excluding tert-OH is 1. The van der Waals surface area contributed by atoms with E-state index in [4.69, 9.17) is 4.74 Å². The molecule has 1 atom stereocenters. The van der Waals surface area contributed by atoms with Crippen molar-refractivity contribution < 1.29 is 14.6 Å². The summed E-state index contributed by atoms with van der Waals surface area (Å²) in [6.45, 7) is 3.79. The van der Waals surface area contributed by atoms with Crippen LogP contribution in [0.1, 0.15) is 13.8 Å². The van der Waals surface area contributed by atoms with Crippen molar-refractivity contribution in [1.29, 1.82) is 0 Å². The van der Waals surface area contributed by atoms with E-state index in [1.54, 1.807) is 13.8 Å². The van der Waals surface area contributed by atoms with E-state index in [9.17, 15) is 9.90 Å². The number of hydrogen-bond donors (Lipinski definition) is 1. The Hall–Kier alpha value is 0.130. The zero-order chi connectivity index (χ0) is 9.90. The van der Waals surface area contributed by atoms with Crippen LogP contribution in [0.5, 0.6) is 0 Å². The van der Waals surface area contributed by atoms with Gasteiger partial charge in [0, 0.05) is 11.5 Å². The zero-order valence-electron chi connectivity index (χ0n) is 7.78. The molecule has 0 aromatic rings. The van der Waals surface area contributed by atoms with Gasteiger partial charge in [-0.25, -0.2) is 4.79 Å². The van der Waals surface area contributed by atoms with Gasteiger partial charge in [-0.15, -0.1) is 23.5 Å². The second kappa shape index (κ2) is 4.57. The summed E-state index contributed by atoms with van der Waals surface area (Å²) in [6.07, 6.45) is -0.663. The van der Waals surface area contributed by atoms with Crippen LogP contribution in [0.15, 0.2) is 0 Å². The fourth-order valence-electron chi connectivity index (χ4n) is 1.19. The molecule has 1 aliphatic heterocycles.